The van der Waals surface area contributed by atoms with Crippen molar-refractivity contribution in [3.8, 4) is 5.75 Å². The number of aliphatic carboxylic acids is 1. The minimum atomic E-state index is -4.38. The number of nitrogens with zero attached hydrogens (tertiary/aromatic N) is 2. The monoisotopic (exact) mass is 562 g/mol. The number of aliphatic hydroxyl groups excluding tert-OH is 1. The highest BCUT2D eigenvalue weighted by atomic mass is 32.2. The molecule has 1 fully saturated rings. The third-order valence-electron chi connectivity index (χ3n) is 7.38. The van der Waals surface area contributed by atoms with Crippen LogP contribution in [0.15, 0.2) is 59.6 Å². The molecule has 0 spiro atoms. The summed E-state index contributed by atoms with van der Waals surface area (Å²) in [5.74, 6) is -0.290. The van der Waals surface area contributed by atoms with Gasteiger partial charge < -0.3 is 19.8 Å². The van der Waals surface area contributed by atoms with Gasteiger partial charge in [0.25, 0.3) is 0 Å². The number of hydrogen-bond acceptors (Lipinski definition) is 6. The molecule has 0 aliphatic carbocycles. The number of likely N-dealkylation sites (tertiary alicyclic amines) is 1. The molecule has 2 N–H and O–H groups in total. The largest absolute Gasteiger partial charge is 0.497 e. The van der Waals surface area contributed by atoms with Crippen molar-refractivity contribution < 1.29 is 32.9 Å². The fourth-order valence-corrected chi connectivity index (χ4v) is 6.29. The number of alkyl halides is 3. The molecule has 2 aromatic carbocycles. The van der Waals surface area contributed by atoms with Crippen LogP contribution in [0.4, 0.5) is 13.2 Å². The van der Waals surface area contributed by atoms with Gasteiger partial charge in [-0.2, -0.15) is 13.2 Å². The Labute approximate surface area is 230 Å². The number of thioether (sulfide) groups is 1. The number of aliphatic hydroxyl groups is 1. The zero-order valence-corrected chi connectivity index (χ0v) is 22.5. The van der Waals surface area contributed by atoms with E-state index in [1.807, 2.05) is 18.2 Å². The van der Waals surface area contributed by atoms with Crippen molar-refractivity contribution in [3.05, 3.63) is 65.9 Å². The van der Waals surface area contributed by atoms with E-state index in [4.69, 9.17) is 4.74 Å². The molecule has 2 heterocycles. The third kappa shape index (κ3) is 7.43. The van der Waals surface area contributed by atoms with E-state index < -0.39 is 29.7 Å². The van der Waals surface area contributed by atoms with Crippen molar-refractivity contribution in [2.24, 2.45) is 11.8 Å². The predicted octanol–water partition coefficient (Wildman–Crippen LogP) is 6.28. The van der Waals surface area contributed by atoms with Crippen LogP contribution in [0.1, 0.15) is 42.9 Å². The van der Waals surface area contributed by atoms with Crippen molar-refractivity contribution >= 4 is 28.6 Å². The van der Waals surface area contributed by atoms with E-state index in [1.54, 1.807) is 25.4 Å². The highest BCUT2D eigenvalue weighted by Crippen LogP contribution is 2.37. The number of hydrogen-bond donors (Lipinski definition) is 2. The molecule has 1 aliphatic heterocycles. The van der Waals surface area contributed by atoms with Crippen LogP contribution in [0, 0.1) is 11.8 Å². The zero-order chi connectivity index (χ0) is 28.0. The number of pyridine rings is 1. The van der Waals surface area contributed by atoms with E-state index >= 15 is 0 Å². The summed E-state index contributed by atoms with van der Waals surface area (Å²) < 4.78 is 44.9. The maximum absolute atomic E-state index is 13.2. The summed E-state index contributed by atoms with van der Waals surface area (Å²) in [5.41, 5.74) is 0.875. The average Bonchev–Trinajstić information content (AvgIpc) is 2.93. The van der Waals surface area contributed by atoms with E-state index in [2.05, 4.69) is 9.88 Å². The van der Waals surface area contributed by atoms with E-state index in [-0.39, 0.29) is 10.8 Å². The molecule has 0 radical (unpaired) electrons. The summed E-state index contributed by atoms with van der Waals surface area (Å²) in [6.07, 6.45) is -1.13. The van der Waals surface area contributed by atoms with Gasteiger partial charge in [-0.15, -0.1) is 11.8 Å². The van der Waals surface area contributed by atoms with Crippen LogP contribution in [0.3, 0.4) is 0 Å². The molecule has 0 amide bonds. The highest BCUT2D eigenvalue weighted by molar-refractivity contribution is 7.99. The first-order valence-electron chi connectivity index (χ1n) is 13.0. The lowest BCUT2D eigenvalue weighted by Gasteiger charge is -2.37. The maximum Gasteiger partial charge on any atom is 0.417 e. The number of carboxylic acids is 1. The van der Waals surface area contributed by atoms with Gasteiger partial charge in [-0.1, -0.05) is 12.1 Å². The first-order chi connectivity index (χ1) is 18.7. The number of carboxylic acid groups (broad SMARTS) is 1. The lowest BCUT2D eigenvalue weighted by atomic mass is 9.81. The number of aromatic nitrogens is 1. The van der Waals surface area contributed by atoms with Gasteiger partial charge in [0, 0.05) is 23.0 Å². The SMILES string of the molecule is COc1ccc2nccc([C@H](O)CC[C@@H]3CCN(CCCSc4ccccc4C(F)(F)F)C[C@@H]3C(=O)O)c2c1. The van der Waals surface area contributed by atoms with Gasteiger partial charge in [-0.3, -0.25) is 9.78 Å². The Kier molecular flexibility index (Phi) is 9.74. The molecule has 1 aromatic heterocycles. The second-order valence-corrected chi connectivity index (χ2v) is 11.0. The molecule has 3 aromatic rings. The molecular formula is C29H33F3N2O4S. The van der Waals surface area contributed by atoms with Gasteiger partial charge in [0.1, 0.15) is 5.75 Å². The first-order valence-corrected chi connectivity index (χ1v) is 14.0. The van der Waals surface area contributed by atoms with E-state index in [0.29, 0.717) is 50.3 Å². The normalized spacial score (nSPS) is 19.2. The Morgan fingerprint density at radius 2 is 2.03 bits per heavy atom. The van der Waals surface area contributed by atoms with E-state index in [0.717, 1.165) is 29.1 Å². The van der Waals surface area contributed by atoms with Gasteiger partial charge >= 0.3 is 12.1 Å². The summed E-state index contributed by atoms with van der Waals surface area (Å²) in [7, 11) is 1.58. The van der Waals surface area contributed by atoms with Crippen molar-refractivity contribution in [3.63, 3.8) is 0 Å². The van der Waals surface area contributed by atoms with Crippen LogP contribution in [0.25, 0.3) is 10.9 Å². The summed E-state index contributed by atoms with van der Waals surface area (Å²) in [4.78, 5) is 18.8. The summed E-state index contributed by atoms with van der Waals surface area (Å²) in [5, 5.41) is 21.7. The van der Waals surface area contributed by atoms with Gasteiger partial charge in [0.15, 0.2) is 0 Å². The van der Waals surface area contributed by atoms with Gasteiger partial charge in [0.05, 0.1) is 30.2 Å². The second kappa shape index (κ2) is 13.0. The lowest BCUT2D eigenvalue weighted by Crippen LogP contribution is -2.44. The summed E-state index contributed by atoms with van der Waals surface area (Å²) >= 11 is 1.18. The predicted molar refractivity (Wildman–Crippen MR) is 145 cm³/mol. The van der Waals surface area contributed by atoms with Crippen LogP contribution < -0.4 is 4.74 Å². The van der Waals surface area contributed by atoms with Crippen LogP contribution in [-0.2, 0) is 11.0 Å². The molecule has 210 valence electrons. The van der Waals surface area contributed by atoms with Crippen molar-refractivity contribution in [2.75, 3.05) is 32.5 Å². The Balaban J connectivity index is 1.29. The molecule has 0 bridgehead atoms. The van der Waals surface area contributed by atoms with Crippen LogP contribution in [0.5, 0.6) is 5.75 Å². The molecule has 0 unspecified atom stereocenters. The minimum absolute atomic E-state index is 0.0657. The fourth-order valence-electron chi connectivity index (χ4n) is 5.29. The van der Waals surface area contributed by atoms with Gasteiger partial charge in [-0.25, -0.2) is 0 Å². The molecule has 4 rings (SSSR count). The minimum Gasteiger partial charge on any atom is -0.497 e. The van der Waals surface area contributed by atoms with Gasteiger partial charge in [0.2, 0.25) is 0 Å². The molecule has 0 saturated carbocycles. The number of piperidine rings is 1. The summed E-state index contributed by atoms with van der Waals surface area (Å²) in [6.45, 7) is 1.75. The van der Waals surface area contributed by atoms with Crippen molar-refractivity contribution in [1.29, 1.82) is 0 Å². The highest BCUT2D eigenvalue weighted by Gasteiger charge is 2.35. The number of methoxy groups -OCH3 is 1. The molecule has 6 nitrogen and oxygen atoms in total. The van der Waals surface area contributed by atoms with Crippen molar-refractivity contribution in [2.45, 2.75) is 42.9 Å². The standard InChI is InChI=1S/C29H33F3N2O4S/c1-38-20-8-9-25-22(17-20)21(11-13-33-25)26(35)10-7-19-12-15-34(18-23(19)28(36)37)14-4-16-39-27-6-3-2-5-24(27)29(30,31)32/h2-3,5-6,8-9,11,13,17,19,23,26,35H,4,7,10,12,14-16,18H2,1H3,(H,36,37)/t19-,23+,26-/m1/s1. The molecule has 39 heavy (non-hydrogen) atoms. The number of carbonyl (C=O) groups is 1. The fraction of sp³-hybridized carbons (Fsp3) is 0.448. The second-order valence-electron chi connectivity index (χ2n) is 9.87. The number of fused-ring (bicyclic) bond motifs is 1. The molecule has 1 saturated heterocycles. The Morgan fingerprint density at radius 3 is 2.77 bits per heavy atom. The lowest BCUT2D eigenvalue weighted by molar-refractivity contribution is -0.146. The topological polar surface area (TPSA) is 82.9 Å². The maximum atomic E-state index is 13.2. The number of rotatable bonds is 11. The summed E-state index contributed by atoms with van der Waals surface area (Å²) in [6, 6.07) is 12.9. The van der Waals surface area contributed by atoms with Crippen LogP contribution >= 0.6 is 11.8 Å². The van der Waals surface area contributed by atoms with E-state index in [9.17, 15) is 28.2 Å². The Morgan fingerprint density at radius 1 is 1.23 bits per heavy atom. The Hall–Kier alpha value is -2.82. The zero-order valence-electron chi connectivity index (χ0n) is 21.7. The molecule has 1 aliphatic rings. The first kappa shape index (κ1) is 29.2. The number of ether oxygens (including phenoxy) is 1. The quantitative estimate of drug-likeness (QED) is 0.210. The smallest absolute Gasteiger partial charge is 0.417 e. The van der Waals surface area contributed by atoms with Gasteiger partial charge in [-0.05, 0) is 92.4 Å². The molecule has 3 atom stereocenters. The number of halogens is 3. The van der Waals surface area contributed by atoms with Crippen LogP contribution in [0.2, 0.25) is 0 Å². The Bertz CT molecular complexity index is 1270. The van der Waals surface area contributed by atoms with Crippen LogP contribution in [-0.4, -0.2) is 58.6 Å². The third-order valence-corrected chi connectivity index (χ3v) is 8.54. The average molecular weight is 563 g/mol. The number of benzene rings is 2. The molecular weight excluding hydrogens is 529 g/mol. The van der Waals surface area contributed by atoms with Crippen molar-refractivity contribution in [1.82, 2.24) is 9.88 Å². The van der Waals surface area contributed by atoms with E-state index in [1.165, 1.54) is 23.9 Å². The molecule has 10 heteroatoms.